The minimum atomic E-state index is 0.472. The Morgan fingerprint density at radius 1 is 1.00 bits per heavy atom. The molecule has 0 saturated heterocycles. The van der Waals surface area contributed by atoms with Gasteiger partial charge in [0.05, 0.1) is 0 Å². The van der Waals surface area contributed by atoms with Gasteiger partial charge in [-0.2, -0.15) is 0 Å². The van der Waals surface area contributed by atoms with Crippen molar-refractivity contribution in [2.24, 2.45) is 0 Å². The lowest BCUT2D eigenvalue weighted by Crippen LogP contribution is -1.90. The second-order valence-electron chi connectivity index (χ2n) is 1.11. The summed E-state index contributed by atoms with van der Waals surface area (Å²) >= 11 is 0. The van der Waals surface area contributed by atoms with E-state index in [0.717, 1.165) is 0 Å². The van der Waals surface area contributed by atoms with Crippen molar-refractivity contribution in [2.45, 2.75) is 0 Å². The molecule has 0 N–H and O–H groups in total. The first-order chi connectivity index (χ1) is 3.50. The number of hydrogen-bond acceptors (Lipinski definition) is 3. The molecule has 0 aromatic heterocycles. The highest BCUT2D eigenvalue weighted by Crippen LogP contribution is 1.88. The molecule has 40 valence electrons. The fourth-order valence-corrected chi connectivity index (χ4v) is 0.304. The smallest absolute Gasteiger partial charge is 0.104 e. The predicted molar refractivity (Wildman–Crippen MR) is 22.1 cm³/mol. The molecule has 7 heavy (non-hydrogen) atoms. The molecular formula is C4H6O3. The highest BCUT2D eigenvalue weighted by atomic mass is 17.5. The fourth-order valence-electron chi connectivity index (χ4n) is 0.304. The van der Waals surface area contributed by atoms with Crippen LogP contribution in [0.2, 0.25) is 0 Å². The van der Waals surface area contributed by atoms with Gasteiger partial charge in [-0.15, -0.1) is 0 Å². The summed E-state index contributed by atoms with van der Waals surface area (Å²) in [5.74, 6) is 0. The third-order valence-electron chi connectivity index (χ3n) is 0.591. The average molecular weight is 102 g/mol. The molecular weight excluding hydrogens is 96.0 g/mol. The lowest BCUT2D eigenvalue weighted by Gasteiger charge is -1.91. The Morgan fingerprint density at radius 2 is 1.57 bits per heavy atom. The van der Waals surface area contributed by atoms with Crippen molar-refractivity contribution in [3.63, 3.8) is 0 Å². The minimum Gasteiger partial charge on any atom is -0.202 e. The van der Waals surface area contributed by atoms with Crippen LogP contribution in [0.15, 0.2) is 12.2 Å². The van der Waals surface area contributed by atoms with Crippen molar-refractivity contribution in [3.05, 3.63) is 12.2 Å². The van der Waals surface area contributed by atoms with Gasteiger partial charge in [-0.25, -0.2) is 9.78 Å². The van der Waals surface area contributed by atoms with Crippen molar-refractivity contribution in [1.29, 1.82) is 0 Å². The van der Waals surface area contributed by atoms with Gasteiger partial charge < -0.3 is 0 Å². The highest BCUT2D eigenvalue weighted by Gasteiger charge is 1.88. The summed E-state index contributed by atoms with van der Waals surface area (Å²) in [6.45, 7) is 0.944. The largest absolute Gasteiger partial charge is 0.202 e. The van der Waals surface area contributed by atoms with Crippen molar-refractivity contribution >= 4 is 0 Å². The molecule has 1 rings (SSSR count). The van der Waals surface area contributed by atoms with Gasteiger partial charge in [-0.3, -0.25) is 0 Å². The summed E-state index contributed by atoms with van der Waals surface area (Å²) in [4.78, 5) is 8.77. The molecule has 0 aromatic carbocycles. The van der Waals surface area contributed by atoms with Gasteiger partial charge in [0.15, 0.2) is 0 Å². The molecule has 0 spiro atoms. The van der Waals surface area contributed by atoms with Gasteiger partial charge in [0, 0.05) is 0 Å². The summed E-state index contributed by atoms with van der Waals surface area (Å²) in [7, 11) is 0. The molecule has 0 radical (unpaired) electrons. The predicted octanol–water partition coefficient (Wildman–Crippen LogP) is 0.436. The second-order valence-corrected chi connectivity index (χ2v) is 1.11. The monoisotopic (exact) mass is 102 g/mol. The Morgan fingerprint density at radius 3 is 2.14 bits per heavy atom. The molecule has 0 unspecified atom stereocenters. The Bertz CT molecular complexity index is 61.3. The second kappa shape index (κ2) is 2.74. The van der Waals surface area contributed by atoms with E-state index < -0.39 is 0 Å². The van der Waals surface area contributed by atoms with E-state index >= 15 is 0 Å². The van der Waals surface area contributed by atoms with Crippen LogP contribution in [-0.4, -0.2) is 13.2 Å². The maximum absolute atomic E-state index is 4.39. The molecule has 3 heteroatoms. The lowest BCUT2D eigenvalue weighted by molar-refractivity contribution is -0.502. The van der Waals surface area contributed by atoms with Gasteiger partial charge in [-0.1, -0.05) is 17.2 Å². The van der Waals surface area contributed by atoms with Crippen LogP contribution in [0.25, 0.3) is 0 Å². The van der Waals surface area contributed by atoms with E-state index in [-0.39, 0.29) is 0 Å². The van der Waals surface area contributed by atoms with Gasteiger partial charge in [0.1, 0.15) is 13.2 Å². The molecule has 0 aromatic rings. The highest BCUT2D eigenvalue weighted by molar-refractivity contribution is 4.80. The van der Waals surface area contributed by atoms with E-state index in [0.29, 0.717) is 13.2 Å². The molecule has 1 aliphatic heterocycles. The molecule has 0 bridgehead atoms. The van der Waals surface area contributed by atoms with Crippen LogP contribution in [-0.2, 0) is 14.8 Å². The molecule has 0 fully saturated rings. The minimum absolute atomic E-state index is 0.472. The zero-order valence-corrected chi connectivity index (χ0v) is 3.79. The summed E-state index contributed by atoms with van der Waals surface area (Å²) in [5, 5.41) is 4.13. The summed E-state index contributed by atoms with van der Waals surface area (Å²) < 4.78 is 0. The van der Waals surface area contributed by atoms with Crippen molar-refractivity contribution < 1.29 is 14.8 Å². The summed E-state index contributed by atoms with van der Waals surface area (Å²) in [6, 6.07) is 0. The molecule has 3 nitrogen and oxygen atoms in total. The van der Waals surface area contributed by atoms with Gasteiger partial charge in [0.2, 0.25) is 0 Å². The summed E-state index contributed by atoms with van der Waals surface area (Å²) in [5.41, 5.74) is 0. The molecule has 0 aliphatic carbocycles. The molecule has 0 atom stereocenters. The van der Waals surface area contributed by atoms with E-state index in [9.17, 15) is 0 Å². The number of hydrogen-bond donors (Lipinski definition) is 0. The van der Waals surface area contributed by atoms with Crippen LogP contribution in [0.3, 0.4) is 0 Å². The maximum Gasteiger partial charge on any atom is 0.104 e. The van der Waals surface area contributed by atoms with E-state index in [1.54, 1.807) is 0 Å². The Hall–Kier alpha value is -0.380. The van der Waals surface area contributed by atoms with Crippen molar-refractivity contribution in [2.75, 3.05) is 13.2 Å². The summed E-state index contributed by atoms with van der Waals surface area (Å²) in [6.07, 6.45) is 3.65. The zero-order valence-electron chi connectivity index (χ0n) is 3.79. The van der Waals surface area contributed by atoms with Gasteiger partial charge in [-0.05, 0) is 0 Å². The van der Waals surface area contributed by atoms with Crippen LogP contribution in [0.4, 0.5) is 0 Å². The van der Waals surface area contributed by atoms with Gasteiger partial charge >= 0.3 is 0 Å². The quantitative estimate of drug-likeness (QED) is 0.328. The SMILES string of the molecule is C1=CCOOOC1. The van der Waals surface area contributed by atoms with E-state index in [1.165, 1.54) is 0 Å². The maximum atomic E-state index is 4.39. The van der Waals surface area contributed by atoms with Crippen LogP contribution < -0.4 is 0 Å². The van der Waals surface area contributed by atoms with Crippen LogP contribution in [0.1, 0.15) is 0 Å². The third kappa shape index (κ3) is 1.68. The van der Waals surface area contributed by atoms with Crippen LogP contribution in [0.5, 0.6) is 0 Å². The first-order valence-electron chi connectivity index (χ1n) is 2.06. The van der Waals surface area contributed by atoms with Crippen LogP contribution >= 0.6 is 0 Å². The number of rotatable bonds is 0. The molecule has 0 saturated carbocycles. The lowest BCUT2D eigenvalue weighted by atomic mass is 10.5. The fraction of sp³-hybridized carbons (Fsp3) is 0.500. The van der Waals surface area contributed by atoms with E-state index in [2.05, 4.69) is 14.8 Å². The topological polar surface area (TPSA) is 27.7 Å². The molecule has 0 amide bonds. The average Bonchev–Trinajstić information content (AvgIpc) is 1.90. The first kappa shape index (κ1) is 4.77. The van der Waals surface area contributed by atoms with E-state index in [4.69, 9.17) is 0 Å². The first-order valence-corrected chi connectivity index (χ1v) is 2.06. The Labute approximate surface area is 41.3 Å². The molecule has 1 aliphatic rings. The Balaban J connectivity index is 2.20. The van der Waals surface area contributed by atoms with E-state index in [1.807, 2.05) is 12.2 Å². The Kier molecular flexibility index (Phi) is 1.87. The van der Waals surface area contributed by atoms with Crippen molar-refractivity contribution in [3.8, 4) is 0 Å². The zero-order chi connectivity index (χ0) is 4.95. The van der Waals surface area contributed by atoms with Gasteiger partial charge in [0.25, 0.3) is 0 Å². The van der Waals surface area contributed by atoms with Crippen LogP contribution in [0, 0.1) is 0 Å². The molecule has 1 heterocycles. The van der Waals surface area contributed by atoms with Crippen molar-refractivity contribution in [1.82, 2.24) is 0 Å². The third-order valence-corrected chi connectivity index (χ3v) is 0.591. The standard InChI is InChI=1S/C4H6O3/c1-2-4-6-7-5-3-1/h1-2H,3-4H2. The normalized spacial score (nSPS) is 21.7.